The summed E-state index contributed by atoms with van der Waals surface area (Å²) < 4.78 is 6.89. The average molecular weight is 248 g/mol. The number of hydrogen-bond acceptors (Lipinski definition) is 4. The average Bonchev–Trinajstić information content (AvgIpc) is 2.59. The van der Waals surface area contributed by atoms with Gasteiger partial charge in [-0.1, -0.05) is 0 Å². The van der Waals surface area contributed by atoms with Crippen LogP contribution in [-0.2, 0) is 4.74 Å². The molecule has 0 saturated carbocycles. The minimum Gasteiger partial charge on any atom is -0.444 e. The first-order chi connectivity index (χ1) is 8.37. The molecule has 0 spiro atoms. The molecule has 2 heterocycles. The minimum absolute atomic E-state index is 0.437. The van der Waals surface area contributed by atoms with E-state index in [0.29, 0.717) is 5.82 Å². The summed E-state index contributed by atoms with van der Waals surface area (Å²) in [6.07, 6.45) is 0.870. The molecule has 0 radical (unpaired) electrons. The fourth-order valence-electron chi connectivity index (χ4n) is 1.56. The molecule has 0 fully saturated rings. The first-order valence-electron chi connectivity index (χ1n) is 5.66. The standard InChI is InChI=1S/C12H16N4O2/c1-8-5-6-9-10(13-7-14-16(8)9)15-11(17)18-12(2,3)4/h5-7H,1-4H3,(H,13,14,15,17). The highest BCUT2D eigenvalue weighted by atomic mass is 16.6. The van der Waals surface area contributed by atoms with Gasteiger partial charge in [-0.05, 0) is 39.8 Å². The quantitative estimate of drug-likeness (QED) is 0.841. The van der Waals surface area contributed by atoms with Crippen LogP contribution in [0.3, 0.4) is 0 Å². The first kappa shape index (κ1) is 12.3. The Hall–Kier alpha value is -2.11. The molecule has 2 aromatic rings. The molecule has 0 saturated heterocycles. The summed E-state index contributed by atoms with van der Waals surface area (Å²) in [5, 5.41) is 6.72. The molecule has 0 aromatic carbocycles. The number of ether oxygens (including phenoxy) is 1. The van der Waals surface area contributed by atoms with E-state index in [-0.39, 0.29) is 0 Å². The van der Waals surface area contributed by atoms with Crippen molar-refractivity contribution in [2.75, 3.05) is 5.32 Å². The Kier molecular flexibility index (Phi) is 2.94. The third kappa shape index (κ3) is 2.58. The van der Waals surface area contributed by atoms with Gasteiger partial charge in [-0.2, -0.15) is 5.10 Å². The largest absolute Gasteiger partial charge is 0.444 e. The van der Waals surface area contributed by atoms with Crippen LogP contribution in [0.2, 0.25) is 0 Å². The Morgan fingerprint density at radius 2 is 2.11 bits per heavy atom. The van der Waals surface area contributed by atoms with E-state index in [1.165, 1.54) is 6.33 Å². The maximum absolute atomic E-state index is 11.7. The topological polar surface area (TPSA) is 68.5 Å². The van der Waals surface area contributed by atoms with Gasteiger partial charge in [-0.15, -0.1) is 0 Å². The number of anilines is 1. The predicted molar refractivity (Wildman–Crippen MR) is 67.6 cm³/mol. The number of nitrogens with zero attached hydrogens (tertiary/aromatic N) is 3. The summed E-state index contributed by atoms with van der Waals surface area (Å²) >= 11 is 0. The molecule has 0 unspecified atom stereocenters. The molecule has 0 atom stereocenters. The molecular formula is C12H16N4O2. The fraction of sp³-hybridized carbons (Fsp3) is 0.417. The second kappa shape index (κ2) is 4.29. The lowest BCUT2D eigenvalue weighted by Crippen LogP contribution is -2.27. The number of nitrogens with one attached hydrogen (secondary N) is 1. The number of fused-ring (bicyclic) bond motifs is 1. The van der Waals surface area contributed by atoms with Crippen molar-refractivity contribution in [1.82, 2.24) is 14.6 Å². The van der Waals surface area contributed by atoms with Crippen molar-refractivity contribution in [2.45, 2.75) is 33.3 Å². The number of hydrogen-bond donors (Lipinski definition) is 1. The van der Waals surface area contributed by atoms with Gasteiger partial charge in [0.05, 0.1) is 0 Å². The van der Waals surface area contributed by atoms with Crippen molar-refractivity contribution < 1.29 is 9.53 Å². The van der Waals surface area contributed by atoms with E-state index in [1.54, 1.807) is 4.52 Å². The normalized spacial score (nSPS) is 11.6. The highest BCUT2D eigenvalue weighted by Crippen LogP contribution is 2.16. The van der Waals surface area contributed by atoms with Gasteiger partial charge in [0, 0.05) is 5.69 Å². The number of amides is 1. The Bertz CT molecular complexity index is 583. The Morgan fingerprint density at radius 3 is 2.78 bits per heavy atom. The fourth-order valence-corrected chi connectivity index (χ4v) is 1.56. The molecule has 1 N–H and O–H groups in total. The molecule has 6 nitrogen and oxygen atoms in total. The molecular weight excluding hydrogens is 232 g/mol. The van der Waals surface area contributed by atoms with Crippen LogP contribution in [-0.4, -0.2) is 26.3 Å². The third-order valence-electron chi connectivity index (χ3n) is 2.26. The van der Waals surface area contributed by atoms with E-state index in [9.17, 15) is 4.79 Å². The highest BCUT2D eigenvalue weighted by molar-refractivity contribution is 5.88. The van der Waals surface area contributed by atoms with E-state index in [4.69, 9.17) is 4.74 Å². The van der Waals surface area contributed by atoms with Gasteiger partial charge in [-0.3, -0.25) is 5.32 Å². The van der Waals surface area contributed by atoms with Gasteiger partial charge in [0.15, 0.2) is 5.82 Å². The maximum Gasteiger partial charge on any atom is 0.413 e. The zero-order chi connectivity index (χ0) is 13.3. The van der Waals surface area contributed by atoms with Crippen molar-refractivity contribution in [3.63, 3.8) is 0 Å². The van der Waals surface area contributed by atoms with Crippen LogP contribution in [0, 0.1) is 6.92 Å². The Balaban J connectivity index is 2.24. The molecule has 0 aliphatic rings. The van der Waals surface area contributed by atoms with Crippen molar-refractivity contribution in [3.8, 4) is 0 Å². The molecule has 1 amide bonds. The maximum atomic E-state index is 11.7. The second-order valence-corrected chi connectivity index (χ2v) is 5.01. The van der Waals surface area contributed by atoms with Crippen LogP contribution < -0.4 is 5.32 Å². The summed E-state index contributed by atoms with van der Waals surface area (Å²) in [7, 11) is 0. The van der Waals surface area contributed by atoms with Crippen molar-refractivity contribution >= 4 is 17.4 Å². The van der Waals surface area contributed by atoms with Crippen molar-refractivity contribution in [2.24, 2.45) is 0 Å². The highest BCUT2D eigenvalue weighted by Gasteiger charge is 2.17. The van der Waals surface area contributed by atoms with Crippen LogP contribution in [0.5, 0.6) is 0 Å². The molecule has 2 rings (SSSR count). The number of carbonyl (C=O) groups excluding carboxylic acids is 1. The summed E-state index contributed by atoms with van der Waals surface area (Å²) in [6.45, 7) is 7.36. The first-order valence-corrected chi connectivity index (χ1v) is 5.66. The lowest BCUT2D eigenvalue weighted by molar-refractivity contribution is 0.0635. The molecule has 96 valence electrons. The van der Waals surface area contributed by atoms with E-state index in [1.807, 2.05) is 39.8 Å². The van der Waals surface area contributed by atoms with Crippen molar-refractivity contribution in [1.29, 1.82) is 0 Å². The van der Waals surface area contributed by atoms with Crippen LogP contribution >= 0.6 is 0 Å². The summed E-state index contributed by atoms with van der Waals surface area (Å²) in [5.41, 5.74) is 1.17. The molecule has 2 aromatic heterocycles. The van der Waals surface area contributed by atoms with Crippen LogP contribution in [0.15, 0.2) is 18.5 Å². The monoisotopic (exact) mass is 248 g/mol. The van der Waals surface area contributed by atoms with Crippen molar-refractivity contribution in [3.05, 3.63) is 24.2 Å². The number of aryl methyl sites for hydroxylation is 1. The molecule has 0 aliphatic carbocycles. The smallest absolute Gasteiger partial charge is 0.413 e. The van der Waals surface area contributed by atoms with Gasteiger partial charge in [-0.25, -0.2) is 14.3 Å². The van der Waals surface area contributed by atoms with Gasteiger partial charge in [0.25, 0.3) is 0 Å². The molecule has 6 heteroatoms. The minimum atomic E-state index is -0.536. The van der Waals surface area contributed by atoms with E-state index >= 15 is 0 Å². The number of carbonyl (C=O) groups is 1. The van der Waals surface area contributed by atoms with Crippen LogP contribution in [0.4, 0.5) is 10.6 Å². The molecule has 0 bridgehead atoms. The summed E-state index contributed by atoms with van der Waals surface area (Å²) in [4.78, 5) is 15.7. The summed E-state index contributed by atoms with van der Waals surface area (Å²) in [6, 6.07) is 3.76. The Labute approximate surface area is 105 Å². The van der Waals surface area contributed by atoms with Gasteiger partial charge >= 0.3 is 6.09 Å². The van der Waals surface area contributed by atoms with Gasteiger partial charge in [0.1, 0.15) is 17.4 Å². The van der Waals surface area contributed by atoms with Gasteiger partial charge in [0.2, 0.25) is 0 Å². The third-order valence-corrected chi connectivity index (χ3v) is 2.26. The van der Waals surface area contributed by atoms with E-state index in [2.05, 4.69) is 15.4 Å². The number of aromatic nitrogens is 3. The van der Waals surface area contributed by atoms with Crippen LogP contribution in [0.25, 0.3) is 5.52 Å². The molecule has 18 heavy (non-hydrogen) atoms. The lowest BCUT2D eigenvalue weighted by Gasteiger charge is -2.19. The second-order valence-electron chi connectivity index (χ2n) is 5.01. The molecule has 0 aliphatic heterocycles. The van der Waals surface area contributed by atoms with E-state index < -0.39 is 11.7 Å². The zero-order valence-electron chi connectivity index (χ0n) is 10.9. The lowest BCUT2D eigenvalue weighted by atomic mass is 10.2. The van der Waals surface area contributed by atoms with Crippen LogP contribution in [0.1, 0.15) is 26.5 Å². The predicted octanol–water partition coefficient (Wildman–Crippen LogP) is 2.38. The summed E-state index contributed by atoms with van der Waals surface area (Å²) in [5.74, 6) is 0.437. The van der Waals surface area contributed by atoms with Gasteiger partial charge < -0.3 is 4.74 Å². The zero-order valence-corrected chi connectivity index (χ0v) is 10.9. The van der Waals surface area contributed by atoms with E-state index in [0.717, 1.165) is 11.2 Å². The Morgan fingerprint density at radius 1 is 1.39 bits per heavy atom. The SMILES string of the molecule is Cc1ccc2c(NC(=O)OC(C)(C)C)ncnn12. The number of rotatable bonds is 1.